The quantitative estimate of drug-likeness (QED) is 0.0454. The number of aromatic nitrogens is 8. The molecule has 0 unspecified atom stereocenters. The topological polar surface area (TPSA) is 263 Å². The number of rotatable bonds is 22. The smallest absolute Gasteiger partial charge is 0.276 e. The Morgan fingerprint density at radius 2 is 1.19 bits per heavy atom. The fraction of sp³-hybridized carbons (Fsp3) is 0.386. The number of ether oxygens (including phenoxy) is 2. The molecule has 0 fully saturated rings. The normalized spacial score (nSPS) is 11.4. The summed E-state index contributed by atoms with van der Waals surface area (Å²) in [6, 6.07) is 9.45. The molecule has 5 amide bonds. The number of allylic oxidation sites excluding steroid dienone is 2. The molecule has 7 N–H and O–H groups in total. The highest BCUT2D eigenvalue weighted by molar-refractivity contribution is 6.05. The number of fused-ring (bicyclic) bond motifs is 2. The molecule has 0 radical (unpaired) electrons. The summed E-state index contributed by atoms with van der Waals surface area (Å²) in [5, 5.41) is 17.6. The van der Waals surface area contributed by atoms with Crippen LogP contribution in [0.15, 0.2) is 48.6 Å². The van der Waals surface area contributed by atoms with Gasteiger partial charge in [0.05, 0.1) is 36.1 Å². The predicted octanol–water partition coefficient (Wildman–Crippen LogP) is 4.87. The molecule has 0 aliphatic rings. The Labute approximate surface area is 369 Å². The molecule has 64 heavy (non-hydrogen) atoms. The van der Waals surface area contributed by atoms with Crippen LogP contribution in [0.25, 0.3) is 22.1 Å². The molecule has 4 aromatic heterocycles. The van der Waals surface area contributed by atoms with Crippen LogP contribution >= 0.6 is 0 Å². The van der Waals surface area contributed by atoms with Crippen LogP contribution in [-0.4, -0.2) is 88.5 Å². The third-order valence-corrected chi connectivity index (χ3v) is 10.4. The molecule has 6 aromatic rings. The lowest BCUT2D eigenvalue weighted by molar-refractivity contribution is -0.121. The highest BCUT2D eigenvalue weighted by atomic mass is 16.5. The largest absolute Gasteiger partial charge is 0.494 e. The maximum absolute atomic E-state index is 13.8. The van der Waals surface area contributed by atoms with Crippen molar-refractivity contribution in [2.45, 2.75) is 92.9 Å². The number of unbranched alkanes of at least 4 members (excludes halogenated alkanes) is 2. The van der Waals surface area contributed by atoms with Gasteiger partial charge in [-0.05, 0) is 76.9 Å². The average Bonchev–Trinajstić information content (AvgIpc) is 4.03. The van der Waals surface area contributed by atoms with Gasteiger partial charge < -0.3 is 35.4 Å². The zero-order chi connectivity index (χ0) is 46.1. The Morgan fingerprint density at radius 1 is 0.688 bits per heavy atom. The van der Waals surface area contributed by atoms with Gasteiger partial charge in [-0.2, -0.15) is 10.2 Å². The van der Waals surface area contributed by atoms with E-state index >= 15 is 0 Å². The number of anilines is 2. The van der Waals surface area contributed by atoms with Crippen molar-refractivity contribution in [2.24, 2.45) is 11.5 Å². The third-order valence-electron chi connectivity index (χ3n) is 10.4. The van der Waals surface area contributed by atoms with Crippen molar-refractivity contribution in [3.63, 3.8) is 0 Å². The predicted molar refractivity (Wildman–Crippen MR) is 241 cm³/mol. The molecule has 0 bridgehead atoms. The Morgan fingerprint density at radius 3 is 1.66 bits per heavy atom. The van der Waals surface area contributed by atoms with Gasteiger partial charge in [-0.1, -0.05) is 31.9 Å². The first-order valence-electron chi connectivity index (χ1n) is 21.2. The number of aryl methyl sites for hydroxylation is 4. The van der Waals surface area contributed by atoms with Crippen LogP contribution in [0.4, 0.5) is 11.9 Å². The first-order chi connectivity index (χ1) is 30.8. The minimum absolute atomic E-state index is 0.0255. The van der Waals surface area contributed by atoms with E-state index in [0.717, 1.165) is 19.3 Å². The van der Waals surface area contributed by atoms with E-state index in [2.05, 4.69) is 38.1 Å². The first kappa shape index (κ1) is 46.0. The molecule has 0 spiro atoms. The molecule has 2 aromatic carbocycles. The van der Waals surface area contributed by atoms with Gasteiger partial charge in [0.1, 0.15) is 33.9 Å². The molecule has 0 saturated carbocycles. The Kier molecular flexibility index (Phi) is 14.8. The summed E-state index contributed by atoms with van der Waals surface area (Å²) in [4.78, 5) is 74.0. The summed E-state index contributed by atoms with van der Waals surface area (Å²) < 4.78 is 18.6. The molecule has 338 valence electrons. The van der Waals surface area contributed by atoms with Gasteiger partial charge in [-0.25, -0.2) is 9.97 Å². The summed E-state index contributed by atoms with van der Waals surface area (Å²) in [5.74, 6) is -1.39. The number of nitrogens with zero attached hydrogens (tertiary/aromatic N) is 8. The average molecular weight is 878 g/mol. The maximum atomic E-state index is 13.8. The van der Waals surface area contributed by atoms with E-state index in [-0.39, 0.29) is 48.6 Å². The second-order valence-corrected chi connectivity index (χ2v) is 15.1. The molecule has 0 aliphatic carbocycles. The van der Waals surface area contributed by atoms with Crippen molar-refractivity contribution in [1.29, 1.82) is 0 Å². The number of nitrogens with one attached hydrogen (secondary N) is 3. The van der Waals surface area contributed by atoms with E-state index in [9.17, 15) is 24.0 Å². The molecular formula is C44H55N13O7. The van der Waals surface area contributed by atoms with E-state index in [0.29, 0.717) is 88.8 Å². The minimum atomic E-state index is -0.698. The molecule has 6 rings (SSSR count). The number of primary amides is 2. The van der Waals surface area contributed by atoms with Crippen LogP contribution in [0.3, 0.4) is 0 Å². The molecule has 20 heteroatoms. The van der Waals surface area contributed by atoms with E-state index in [1.54, 1.807) is 44.5 Å². The number of methoxy groups -OCH3 is 1. The molecule has 4 heterocycles. The molecule has 20 nitrogen and oxygen atoms in total. The van der Waals surface area contributed by atoms with Crippen molar-refractivity contribution < 1.29 is 33.4 Å². The van der Waals surface area contributed by atoms with Crippen molar-refractivity contribution in [3.05, 3.63) is 82.5 Å². The van der Waals surface area contributed by atoms with E-state index in [4.69, 9.17) is 25.9 Å². The number of amides is 5. The summed E-state index contributed by atoms with van der Waals surface area (Å²) in [6.45, 7) is 11.2. The van der Waals surface area contributed by atoms with Crippen molar-refractivity contribution in [3.8, 4) is 11.5 Å². The lowest BCUT2D eigenvalue weighted by Gasteiger charge is -2.13. The summed E-state index contributed by atoms with van der Waals surface area (Å²) in [6.07, 6.45) is 7.41. The van der Waals surface area contributed by atoms with Gasteiger partial charge in [0.25, 0.3) is 11.8 Å². The summed E-state index contributed by atoms with van der Waals surface area (Å²) >= 11 is 0. The van der Waals surface area contributed by atoms with E-state index < -0.39 is 23.6 Å². The minimum Gasteiger partial charge on any atom is -0.494 e. The lowest BCUT2D eigenvalue weighted by atomic mass is 10.1. The lowest BCUT2D eigenvalue weighted by Crippen LogP contribution is -2.25. The van der Waals surface area contributed by atoms with Gasteiger partial charge in [0.2, 0.25) is 29.6 Å². The molecular weight excluding hydrogens is 823 g/mol. The van der Waals surface area contributed by atoms with Gasteiger partial charge >= 0.3 is 0 Å². The summed E-state index contributed by atoms with van der Waals surface area (Å²) in [7, 11) is 1.45. The SMILES string of the molecule is CCCCCC(=O)NCCCOc1cc(C(N)=O)cc2nc(NC(=O)c3cc(C)nn3CC)n(C/C=C/Cn3c(NC(=O)c4cc(C)nn4CC)nc4cc(C(N)=O)cc(OC)c43)c12. The number of imidazole rings is 2. The highest BCUT2D eigenvalue weighted by Gasteiger charge is 2.24. The molecule has 0 saturated heterocycles. The number of hydrogen-bond donors (Lipinski definition) is 5. The number of carbonyl (C=O) groups excluding carboxylic acids is 5. The van der Waals surface area contributed by atoms with E-state index in [1.807, 2.05) is 26.0 Å². The zero-order valence-corrected chi connectivity index (χ0v) is 37.0. The van der Waals surface area contributed by atoms with Crippen LogP contribution in [0.2, 0.25) is 0 Å². The number of nitrogens with two attached hydrogens (primary N) is 2. The van der Waals surface area contributed by atoms with Crippen LogP contribution in [0.5, 0.6) is 11.5 Å². The maximum Gasteiger partial charge on any atom is 0.276 e. The fourth-order valence-corrected chi connectivity index (χ4v) is 7.29. The monoisotopic (exact) mass is 877 g/mol. The van der Waals surface area contributed by atoms with Gasteiger partial charge in [-0.15, -0.1) is 0 Å². The summed E-state index contributed by atoms with van der Waals surface area (Å²) in [5.41, 5.74) is 15.4. The van der Waals surface area contributed by atoms with Crippen LogP contribution in [0, 0.1) is 13.8 Å². The van der Waals surface area contributed by atoms with Crippen molar-refractivity contribution in [1.82, 2.24) is 44.0 Å². The Hall–Kier alpha value is -7.51. The number of hydrogen-bond acceptors (Lipinski definition) is 11. The standard InChI is InChI=1S/C44H55N13O7/c1-7-10-11-15-36(58)47-16-14-19-64-35-25-29(40(46)60)23-31-38(35)55(44(49-31)51-42(62)33-21-27(5)53-57(33)9-3)18-13-12-17-54-37-30(22-28(39(45)59)24-34(37)63-6)48-43(54)50-41(61)32-20-26(4)52-56(32)8-2/h12-13,20-25H,7-11,14-19H2,1-6H3,(H2,45,59)(H2,46,60)(H,47,58)(H,48,50,61)(H,49,51,62)/b13-12+. The molecule has 0 atom stereocenters. The second-order valence-electron chi connectivity index (χ2n) is 15.1. The number of benzene rings is 2. The Bertz CT molecular complexity index is 2740. The van der Waals surface area contributed by atoms with E-state index in [1.165, 1.54) is 31.4 Å². The highest BCUT2D eigenvalue weighted by Crippen LogP contribution is 2.33. The van der Waals surface area contributed by atoms with Crippen molar-refractivity contribution >= 4 is 63.5 Å². The third kappa shape index (κ3) is 10.4. The first-order valence-corrected chi connectivity index (χ1v) is 21.2. The zero-order valence-electron chi connectivity index (χ0n) is 37.0. The fourth-order valence-electron chi connectivity index (χ4n) is 7.29. The van der Waals surface area contributed by atoms with Crippen LogP contribution in [0.1, 0.15) is 106 Å². The van der Waals surface area contributed by atoms with Crippen molar-refractivity contribution in [2.75, 3.05) is 30.9 Å². The Balaban J connectivity index is 1.36. The van der Waals surface area contributed by atoms with Crippen LogP contribution < -0.4 is 36.9 Å². The number of carbonyl (C=O) groups is 5. The van der Waals surface area contributed by atoms with Gasteiger partial charge in [0, 0.05) is 50.3 Å². The second kappa shape index (κ2) is 20.6. The van der Waals surface area contributed by atoms with Crippen LogP contribution in [-0.2, 0) is 31.0 Å². The van der Waals surface area contributed by atoms with Gasteiger partial charge in [-0.3, -0.25) is 44.0 Å². The molecule has 0 aliphatic heterocycles. The van der Waals surface area contributed by atoms with Gasteiger partial charge in [0.15, 0.2) is 0 Å².